The van der Waals surface area contributed by atoms with Crippen molar-refractivity contribution in [2.75, 3.05) is 31.5 Å². The highest BCUT2D eigenvalue weighted by Gasteiger charge is 2.17. The molecule has 0 radical (unpaired) electrons. The Morgan fingerprint density at radius 1 is 1.22 bits per heavy atom. The third-order valence-electron chi connectivity index (χ3n) is 3.41. The van der Waals surface area contributed by atoms with Crippen LogP contribution in [-0.2, 0) is 0 Å². The van der Waals surface area contributed by atoms with E-state index < -0.39 is 0 Å². The van der Waals surface area contributed by atoms with Gasteiger partial charge in [0.2, 0.25) is 0 Å². The van der Waals surface area contributed by atoms with Crippen LogP contribution in [0, 0.1) is 0 Å². The van der Waals surface area contributed by atoms with Gasteiger partial charge in [0.05, 0.1) is 0 Å². The first-order valence-electron chi connectivity index (χ1n) is 7.74. The predicted molar refractivity (Wildman–Crippen MR) is 94.4 cm³/mol. The number of hydrogen-bond acceptors (Lipinski definition) is 3. The third kappa shape index (κ3) is 6.08. The fourth-order valence-electron chi connectivity index (χ4n) is 2.39. The summed E-state index contributed by atoms with van der Waals surface area (Å²) in [7, 11) is 0. The molecule has 0 saturated carbocycles. The van der Waals surface area contributed by atoms with Crippen molar-refractivity contribution >= 4 is 30.0 Å². The molecule has 1 aromatic carbocycles. The average Bonchev–Trinajstić information content (AvgIpc) is 2.75. The number of urea groups is 1. The van der Waals surface area contributed by atoms with Crippen molar-refractivity contribution in [3.8, 4) is 0 Å². The number of carbonyl (C=O) groups is 2. The Kier molecular flexibility index (Phi) is 7.85. The van der Waals surface area contributed by atoms with E-state index in [4.69, 9.17) is 0 Å². The van der Waals surface area contributed by atoms with E-state index in [1.807, 2.05) is 18.7 Å². The first kappa shape index (κ1) is 19.3. The molecule has 1 heterocycles. The summed E-state index contributed by atoms with van der Waals surface area (Å²) in [6.45, 7) is 7.03. The van der Waals surface area contributed by atoms with Gasteiger partial charge in [-0.2, -0.15) is 0 Å². The predicted octanol–water partition coefficient (Wildman–Crippen LogP) is 2.07. The Labute approximate surface area is 143 Å². The van der Waals surface area contributed by atoms with Crippen molar-refractivity contribution < 1.29 is 9.59 Å². The largest absolute Gasteiger partial charge is 0.337 e. The molecule has 7 heteroatoms. The maximum absolute atomic E-state index is 12.5. The Morgan fingerprint density at radius 2 is 2.00 bits per heavy atom. The minimum atomic E-state index is -0.265. The van der Waals surface area contributed by atoms with Gasteiger partial charge in [-0.15, -0.1) is 12.4 Å². The second-order valence-electron chi connectivity index (χ2n) is 5.73. The lowest BCUT2D eigenvalue weighted by atomic mass is 10.1. The lowest BCUT2D eigenvalue weighted by Crippen LogP contribution is -2.35. The summed E-state index contributed by atoms with van der Waals surface area (Å²) in [6, 6.07) is 6.87. The molecule has 0 bridgehead atoms. The molecular weight excluding hydrogens is 316 g/mol. The SMILES string of the molecule is CC(C)NC(=O)Nc1cccc(C(=O)N2CCCNCC2)c1.Cl. The molecule has 0 unspecified atom stereocenters. The van der Waals surface area contributed by atoms with E-state index in [0.717, 1.165) is 26.1 Å². The van der Waals surface area contributed by atoms with Crippen molar-refractivity contribution in [2.45, 2.75) is 26.3 Å². The van der Waals surface area contributed by atoms with Gasteiger partial charge in [-0.05, 0) is 45.0 Å². The van der Waals surface area contributed by atoms with E-state index in [9.17, 15) is 9.59 Å². The molecule has 0 atom stereocenters. The highest BCUT2D eigenvalue weighted by molar-refractivity contribution is 5.97. The third-order valence-corrected chi connectivity index (χ3v) is 3.41. The van der Waals surface area contributed by atoms with Crippen molar-refractivity contribution in [1.82, 2.24) is 15.5 Å². The molecule has 0 aliphatic carbocycles. The Balaban J connectivity index is 0.00000264. The molecule has 128 valence electrons. The highest BCUT2D eigenvalue weighted by atomic mass is 35.5. The maximum Gasteiger partial charge on any atom is 0.319 e. The van der Waals surface area contributed by atoms with Crippen LogP contribution in [-0.4, -0.2) is 49.1 Å². The van der Waals surface area contributed by atoms with Gasteiger partial charge in [0, 0.05) is 36.9 Å². The van der Waals surface area contributed by atoms with Gasteiger partial charge in [0.15, 0.2) is 0 Å². The molecular formula is C16H25ClN4O2. The van der Waals surface area contributed by atoms with E-state index in [1.165, 1.54) is 0 Å². The zero-order valence-electron chi connectivity index (χ0n) is 13.6. The quantitative estimate of drug-likeness (QED) is 0.788. The van der Waals surface area contributed by atoms with Crippen molar-refractivity contribution in [3.05, 3.63) is 29.8 Å². The number of halogens is 1. The smallest absolute Gasteiger partial charge is 0.319 e. The summed E-state index contributed by atoms with van der Waals surface area (Å²) >= 11 is 0. The molecule has 1 fully saturated rings. The molecule has 1 saturated heterocycles. The second kappa shape index (κ2) is 9.37. The van der Waals surface area contributed by atoms with Crippen LogP contribution in [0.2, 0.25) is 0 Å². The minimum absolute atomic E-state index is 0. The van der Waals surface area contributed by atoms with Crippen LogP contribution in [0.25, 0.3) is 0 Å². The Bertz CT molecular complexity index is 529. The fourth-order valence-corrected chi connectivity index (χ4v) is 2.39. The van der Waals surface area contributed by atoms with Gasteiger partial charge < -0.3 is 20.9 Å². The lowest BCUT2D eigenvalue weighted by Gasteiger charge is -2.20. The number of hydrogen-bond donors (Lipinski definition) is 3. The molecule has 2 rings (SSSR count). The zero-order valence-corrected chi connectivity index (χ0v) is 14.4. The van der Waals surface area contributed by atoms with Gasteiger partial charge in [-0.3, -0.25) is 4.79 Å². The summed E-state index contributed by atoms with van der Waals surface area (Å²) in [5.74, 6) is 0.0108. The summed E-state index contributed by atoms with van der Waals surface area (Å²) in [6.07, 6.45) is 0.959. The number of benzene rings is 1. The van der Waals surface area contributed by atoms with Crippen LogP contribution in [0.15, 0.2) is 24.3 Å². The summed E-state index contributed by atoms with van der Waals surface area (Å²) in [5.41, 5.74) is 1.22. The van der Waals surface area contributed by atoms with Crippen LogP contribution in [0.4, 0.5) is 10.5 Å². The number of carbonyl (C=O) groups excluding carboxylic acids is 2. The second-order valence-corrected chi connectivity index (χ2v) is 5.73. The lowest BCUT2D eigenvalue weighted by molar-refractivity contribution is 0.0766. The van der Waals surface area contributed by atoms with Gasteiger partial charge in [0.1, 0.15) is 0 Å². The monoisotopic (exact) mass is 340 g/mol. The topological polar surface area (TPSA) is 73.5 Å². The van der Waals surface area contributed by atoms with Gasteiger partial charge in [-0.1, -0.05) is 6.07 Å². The van der Waals surface area contributed by atoms with Crippen LogP contribution in [0.3, 0.4) is 0 Å². The van der Waals surface area contributed by atoms with Gasteiger partial charge in [-0.25, -0.2) is 4.79 Å². The van der Waals surface area contributed by atoms with E-state index in [1.54, 1.807) is 24.3 Å². The van der Waals surface area contributed by atoms with Crippen LogP contribution >= 0.6 is 12.4 Å². The summed E-state index contributed by atoms with van der Waals surface area (Å²) < 4.78 is 0. The van der Waals surface area contributed by atoms with Crippen LogP contribution < -0.4 is 16.0 Å². The first-order valence-corrected chi connectivity index (χ1v) is 7.74. The van der Waals surface area contributed by atoms with Crippen LogP contribution in [0.5, 0.6) is 0 Å². The maximum atomic E-state index is 12.5. The molecule has 1 aromatic rings. The summed E-state index contributed by atoms with van der Waals surface area (Å²) in [5, 5.41) is 8.79. The van der Waals surface area contributed by atoms with E-state index in [0.29, 0.717) is 17.8 Å². The number of amides is 3. The molecule has 3 amide bonds. The first-order chi connectivity index (χ1) is 10.6. The van der Waals surface area contributed by atoms with E-state index in [2.05, 4.69) is 16.0 Å². The molecule has 1 aliphatic heterocycles. The number of rotatable bonds is 3. The average molecular weight is 341 g/mol. The van der Waals surface area contributed by atoms with Crippen LogP contribution in [0.1, 0.15) is 30.6 Å². The molecule has 1 aliphatic rings. The van der Waals surface area contributed by atoms with Crippen molar-refractivity contribution in [3.63, 3.8) is 0 Å². The Hall–Kier alpha value is -1.79. The van der Waals surface area contributed by atoms with Gasteiger partial charge >= 0.3 is 6.03 Å². The molecule has 0 spiro atoms. The van der Waals surface area contributed by atoms with E-state index >= 15 is 0 Å². The highest BCUT2D eigenvalue weighted by Crippen LogP contribution is 2.13. The Morgan fingerprint density at radius 3 is 2.74 bits per heavy atom. The number of anilines is 1. The standard InChI is InChI=1S/C16H24N4O2.ClH/c1-12(2)18-16(22)19-14-6-3-5-13(11-14)15(21)20-9-4-7-17-8-10-20;/h3,5-6,11-12,17H,4,7-10H2,1-2H3,(H2,18,19,22);1H. The fraction of sp³-hybridized carbons (Fsp3) is 0.500. The van der Waals surface area contributed by atoms with Crippen molar-refractivity contribution in [2.24, 2.45) is 0 Å². The number of nitrogens with one attached hydrogen (secondary N) is 3. The molecule has 6 nitrogen and oxygen atoms in total. The number of nitrogens with zero attached hydrogens (tertiary/aromatic N) is 1. The summed E-state index contributed by atoms with van der Waals surface area (Å²) in [4.78, 5) is 26.1. The molecule has 23 heavy (non-hydrogen) atoms. The molecule has 0 aromatic heterocycles. The normalized spacial score (nSPS) is 14.7. The molecule has 3 N–H and O–H groups in total. The van der Waals surface area contributed by atoms with Crippen molar-refractivity contribution in [1.29, 1.82) is 0 Å². The van der Waals surface area contributed by atoms with Gasteiger partial charge in [0.25, 0.3) is 5.91 Å². The minimum Gasteiger partial charge on any atom is -0.337 e. The zero-order chi connectivity index (χ0) is 15.9. The van der Waals surface area contributed by atoms with E-state index in [-0.39, 0.29) is 30.4 Å².